The van der Waals surface area contributed by atoms with E-state index in [9.17, 15) is 4.79 Å². The number of fused-ring (bicyclic) bond motifs is 3. The van der Waals surface area contributed by atoms with Crippen molar-refractivity contribution in [2.45, 2.75) is 6.54 Å². The molecule has 0 unspecified atom stereocenters. The SMILES string of the molecule is COc1ccc(-c2ccc3c4c(C(N)=O)cccc4n(Cc4ccc(Cl)cc4Cl)c3c2)cc1. The molecule has 0 saturated heterocycles. The first kappa shape index (κ1) is 21.4. The summed E-state index contributed by atoms with van der Waals surface area (Å²) in [6.45, 7) is 0.518. The lowest BCUT2D eigenvalue weighted by Crippen LogP contribution is -2.11. The third-order valence-corrected chi connectivity index (χ3v) is 6.51. The zero-order valence-electron chi connectivity index (χ0n) is 17.8. The van der Waals surface area contributed by atoms with Crippen LogP contribution in [0.25, 0.3) is 32.9 Å². The summed E-state index contributed by atoms with van der Waals surface area (Å²) in [7, 11) is 1.65. The fourth-order valence-electron chi connectivity index (χ4n) is 4.30. The van der Waals surface area contributed by atoms with Crippen LogP contribution in [0, 0.1) is 0 Å². The highest BCUT2D eigenvalue weighted by molar-refractivity contribution is 6.35. The fourth-order valence-corrected chi connectivity index (χ4v) is 4.77. The van der Waals surface area contributed by atoms with E-state index in [1.54, 1.807) is 19.2 Å². The van der Waals surface area contributed by atoms with Gasteiger partial charge in [-0.3, -0.25) is 4.79 Å². The molecule has 0 atom stereocenters. The van der Waals surface area contributed by atoms with Gasteiger partial charge in [0.05, 0.1) is 18.1 Å². The second-order valence-electron chi connectivity index (χ2n) is 7.85. The van der Waals surface area contributed by atoms with E-state index in [2.05, 4.69) is 16.7 Å². The van der Waals surface area contributed by atoms with E-state index in [0.29, 0.717) is 22.2 Å². The Bertz CT molecular complexity index is 1520. The normalized spacial score (nSPS) is 11.2. The number of benzene rings is 4. The van der Waals surface area contributed by atoms with Crippen LogP contribution in [0.4, 0.5) is 0 Å². The van der Waals surface area contributed by atoms with Crippen LogP contribution < -0.4 is 10.5 Å². The van der Waals surface area contributed by atoms with Crippen molar-refractivity contribution < 1.29 is 9.53 Å². The van der Waals surface area contributed by atoms with E-state index in [-0.39, 0.29) is 0 Å². The molecule has 5 aromatic rings. The van der Waals surface area contributed by atoms with Crippen LogP contribution in [-0.4, -0.2) is 17.6 Å². The van der Waals surface area contributed by atoms with Crippen LogP contribution in [0.3, 0.4) is 0 Å². The van der Waals surface area contributed by atoms with Crippen molar-refractivity contribution in [1.82, 2.24) is 4.57 Å². The fraction of sp³-hybridized carbons (Fsp3) is 0.0741. The molecule has 164 valence electrons. The van der Waals surface area contributed by atoms with Gasteiger partial charge in [-0.25, -0.2) is 0 Å². The molecule has 1 amide bonds. The molecule has 4 nitrogen and oxygen atoms in total. The molecule has 0 fully saturated rings. The van der Waals surface area contributed by atoms with E-state index in [1.165, 1.54) is 0 Å². The number of nitrogens with two attached hydrogens (primary N) is 1. The van der Waals surface area contributed by atoms with E-state index < -0.39 is 5.91 Å². The van der Waals surface area contributed by atoms with Crippen molar-refractivity contribution in [3.63, 3.8) is 0 Å². The molecule has 0 radical (unpaired) electrons. The summed E-state index contributed by atoms with van der Waals surface area (Å²) in [5.41, 5.74) is 11.2. The van der Waals surface area contributed by atoms with Crippen LogP contribution in [-0.2, 0) is 6.54 Å². The molecule has 0 aliphatic carbocycles. The van der Waals surface area contributed by atoms with Gasteiger partial charge in [0.2, 0.25) is 5.91 Å². The summed E-state index contributed by atoms with van der Waals surface area (Å²) < 4.78 is 7.45. The van der Waals surface area contributed by atoms with Crippen molar-refractivity contribution in [2.24, 2.45) is 5.73 Å². The summed E-state index contributed by atoms with van der Waals surface area (Å²) >= 11 is 12.6. The van der Waals surface area contributed by atoms with Gasteiger partial charge in [0.15, 0.2) is 0 Å². The van der Waals surface area contributed by atoms with Crippen LogP contribution in [0.1, 0.15) is 15.9 Å². The molecule has 0 aliphatic rings. The number of hydrogen-bond donors (Lipinski definition) is 1. The summed E-state index contributed by atoms with van der Waals surface area (Å²) in [6.07, 6.45) is 0. The molecule has 2 N–H and O–H groups in total. The van der Waals surface area contributed by atoms with Gasteiger partial charge in [-0.1, -0.05) is 59.6 Å². The highest BCUT2D eigenvalue weighted by Gasteiger charge is 2.18. The van der Waals surface area contributed by atoms with Crippen LogP contribution in [0.15, 0.2) is 78.9 Å². The van der Waals surface area contributed by atoms with Gasteiger partial charge in [0.1, 0.15) is 5.75 Å². The lowest BCUT2D eigenvalue weighted by molar-refractivity contribution is 0.100. The molecular weight excluding hydrogens is 455 g/mol. The number of methoxy groups -OCH3 is 1. The average molecular weight is 475 g/mol. The van der Waals surface area contributed by atoms with Crippen molar-refractivity contribution in [2.75, 3.05) is 7.11 Å². The van der Waals surface area contributed by atoms with Gasteiger partial charge in [-0.2, -0.15) is 0 Å². The zero-order chi connectivity index (χ0) is 23.1. The predicted molar refractivity (Wildman–Crippen MR) is 136 cm³/mol. The van der Waals surface area contributed by atoms with Crippen molar-refractivity contribution in [3.05, 3.63) is 100 Å². The first-order valence-electron chi connectivity index (χ1n) is 10.4. The maximum absolute atomic E-state index is 12.2. The summed E-state index contributed by atoms with van der Waals surface area (Å²) in [4.78, 5) is 12.2. The van der Waals surface area contributed by atoms with E-state index in [4.69, 9.17) is 33.7 Å². The quantitative estimate of drug-likeness (QED) is 0.300. The van der Waals surface area contributed by atoms with Gasteiger partial charge in [-0.15, -0.1) is 0 Å². The van der Waals surface area contributed by atoms with Crippen LogP contribution in [0.2, 0.25) is 10.0 Å². The van der Waals surface area contributed by atoms with E-state index in [0.717, 1.165) is 44.2 Å². The first-order valence-corrected chi connectivity index (χ1v) is 11.1. The number of nitrogens with zero attached hydrogens (tertiary/aromatic N) is 1. The smallest absolute Gasteiger partial charge is 0.249 e. The lowest BCUT2D eigenvalue weighted by Gasteiger charge is -2.11. The summed E-state index contributed by atoms with van der Waals surface area (Å²) in [5, 5.41) is 2.98. The topological polar surface area (TPSA) is 57.2 Å². The molecule has 4 aromatic carbocycles. The molecule has 0 spiro atoms. The molecular formula is C27H20Cl2N2O2. The van der Waals surface area contributed by atoms with Crippen molar-refractivity contribution in [3.8, 4) is 16.9 Å². The second kappa shape index (κ2) is 8.47. The number of aromatic nitrogens is 1. The Balaban J connectivity index is 1.77. The zero-order valence-corrected chi connectivity index (χ0v) is 19.3. The van der Waals surface area contributed by atoms with Crippen molar-refractivity contribution >= 4 is 50.9 Å². The van der Waals surface area contributed by atoms with Gasteiger partial charge in [0, 0.05) is 32.9 Å². The standard InChI is InChI=1S/C27H20Cl2N2O2/c1-33-20-10-6-16(7-11-20)17-8-12-21-25(13-17)31(15-18-5-9-19(28)14-23(18)29)24-4-2-3-22(26(21)24)27(30)32/h2-14H,15H2,1H3,(H2,30,32). The first-order chi connectivity index (χ1) is 16.0. The molecule has 5 rings (SSSR count). The lowest BCUT2D eigenvalue weighted by atomic mass is 10.0. The Kier molecular flexibility index (Phi) is 5.49. The minimum atomic E-state index is -0.455. The Morgan fingerprint density at radius 2 is 1.67 bits per heavy atom. The summed E-state index contributed by atoms with van der Waals surface area (Å²) in [5.74, 6) is 0.348. The van der Waals surface area contributed by atoms with Gasteiger partial charge >= 0.3 is 0 Å². The second-order valence-corrected chi connectivity index (χ2v) is 8.69. The number of halogens is 2. The molecule has 1 heterocycles. The highest BCUT2D eigenvalue weighted by atomic mass is 35.5. The average Bonchev–Trinajstić information content (AvgIpc) is 3.13. The largest absolute Gasteiger partial charge is 0.497 e. The van der Waals surface area contributed by atoms with Gasteiger partial charge < -0.3 is 15.0 Å². The number of carbonyl (C=O) groups is 1. The monoisotopic (exact) mass is 474 g/mol. The Morgan fingerprint density at radius 1 is 0.909 bits per heavy atom. The van der Waals surface area contributed by atoms with E-state index >= 15 is 0 Å². The Hall–Kier alpha value is -3.47. The third-order valence-electron chi connectivity index (χ3n) is 5.92. The number of amides is 1. The maximum atomic E-state index is 12.2. The van der Waals surface area contributed by atoms with E-state index in [1.807, 2.05) is 54.6 Å². The molecule has 0 bridgehead atoms. The van der Waals surface area contributed by atoms with Crippen LogP contribution >= 0.6 is 23.2 Å². The summed E-state index contributed by atoms with van der Waals surface area (Å²) in [6, 6.07) is 25.3. The number of primary amides is 1. The van der Waals surface area contributed by atoms with Crippen molar-refractivity contribution in [1.29, 1.82) is 0 Å². The maximum Gasteiger partial charge on any atom is 0.249 e. The van der Waals surface area contributed by atoms with Gasteiger partial charge in [-0.05, 0) is 59.2 Å². The highest BCUT2D eigenvalue weighted by Crippen LogP contribution is 2.36. The number of rotatable bonds is 5. The Labute approximate surface area is 201 Å². The van der Waals surface area contributed by atoms with Crippen LogP contribution in [0.5, 0.6) is 5.75 Å². The number of hydrogen-bond acceptors (Lipinski definition) is 2. The molecule has 0 saturated carbocycles. The molecule has 1 aromatic heterocycles. The minimum absolute atomic E-state index is 0.455. The van der Waals surface area contributed by atoms with Gasteiger partial charge in [0.25, 0.3) is 0 Å². The molecule has 0 aliphatic heterocycles. The number of carbonyl (C=O) groups excluding carboxylic acids is 1. The number of ether oxygens (including phenoxy) is 1. The third kappa shape index (κ3) is 3.82. The predicted octanol–water partition coefficient (Wildman–Crippen LogP) is 6.92. The molecule has 33 heavy (non-hydrogen) atoms. The Morgan fingerprint density at radius 3 is 2.36 bits per heavy atom. The minimum Gasteiger partial charge on any atom is -0.497 e. The molecule has 6 heteroatoms.